The average molecular weight is 342 g/mol. The molecule has 1 aromatic rings. The van der Waals surface area contributed by atoms with Crippen LogP contribution in [0.5, 0.6) is 5.75 Å². The lowest BCUT2D eigenvalue weighted by atomic mass is 10.1. The van der Waals surface area contributed by atoms with Crippen LogP contribution in [0, 0.1) is 0 Å². The number of carbonyl (C=O) groups excluding carboxylic acids is 1. The number of benzene rings is 1. The number of thiocarbonyl (C=S) groups is 1. The number of ether oxygens (including phenoxy) is 2. The van der Waals surface area contributed by atoms with E-state index in [4.69, 9.17) is 17.0 Å². The summed E-state index contributed by atoms with van der Waals surface area (Å²) in [5.74, 6) is -0.314. The van der Waals surface area contributed by atoms with E-state index in [1.807, 2.05) is 0 Å². The minimum Gasteiger partial charge on any atom is -0.434 e. The van der Waals surface area contributed by atoms with Crippen molar-refractivity contribution in [3.63, 3.8) is 0 Å². The van der Waals surface area contributed by atoms with Crippen molar-refractivity contribution < 1.29 is 23.0 Å². The maximum atomic E-state index is 12.4. The van der Waals surface area contributed by atoms with Gasteiger partial charge in [0.15, 0.2) is 5.11 Å². The van der Waals surface area contributed by atoms with E-state index in [1.165, 1.54) is 17.0 Å². The van der Waals surface area contributed by atoms with Crippen molar-refractivity contribution in [2.24, 2.45) is 0 Å². The first-order valence-electron chi connectivity index (χ1n) is 6.90. The van der Waals surface area contributed by atoms with Gasteiger partial charge >= 0.3 is 6.61 Å². The molecule has 1 heterocycles. The van der Waals surface area contributed by atoms with Crippen LogP contribution in [0.2, 0.25) is 0 Å². The molecule has 23 heavy (non-hydrogen) atoms. The van der Waals surface area contributed by atoms with Crippen molar-refractivity contribution in [2.75, 3.05) is 20.3 Å². The minimum absolute atomic E-state index is 0.00616. The van der Waals surface area contributed by atoms with Gasteiger partial charge in [-0.05, 0) is 30.8 Å². The van der Waals surface area contributed by atoms with Crippen LogP contribution in [0.1, 0.15) is 12.0 Å². The highest BCUT2D eigenvalue weighted by Crippen LogP contribution is 2.24. The number of para-hydroxylation sites is 1. The van der Waals surface area contributed by atoms with Crippen LogP contribution in [0.4, 0.5) is 8.78 Å². The Balaban J connectivity index is 2.17. The van der Waals surface area contributed by atoms with E-state index in [0.29, 0.717) is 25.1 Å². The Morgan fingerprint density at radius 1 is 1.39 bits per heavy atom. The number of amides is 1. The molecule has 0 radical (unpaired) electrons. The number of nitrogens with zero attached hydrogens (tertiary/aromatic N) is 1. The van der Waals surface area contributed by atoms with Gasteiger partial charge in [0.25, 0.3) is 5.91 Å². The first kappa shape index (κ1) is 17.3. The van der Waals surface area contributed by atoms with Gasteiger partial charge in [-0.15, -0.1) is 0 Å². The van der Waals surface area contributed by atoms with E-state index in [1.54, 1.807) is 25.3 Å². The molecule has 0 saturated carbocycles. The first-order chi connectivity index (χ1) is 11.0. The molecule has 1 fully saturated rings. The molecule has 1 N–H and O–H groups in total. The van der Waals surface area contributed by atoms with Crippen LogP contribution in [-0.2, 0) is 9.53 Å². The van der Waals surface area contributed by atoms with Crippen LogP contribution in [0.15, 0.2) is 30.0 Å². The number of rotatable bonds is 7. The highest BCUT2D eigenvalue weighted by Gasteiger charge is 2.30. The van der Waals surface area contributed by atoms with Crippen molar-refractivity contribution in [1.29, 1.82) is 0 Å². The molecule has 0 aliphatic carbocycles. The molecule has 8 heteroatoms. The largest absolute Gasteiger partial charge is 0.434 e. The van der Waals surface area contributed by atoms with Crippen LogP contribution in [0.25, 0.3) is 6.08 Å². The fourth-order valence-corrected chi connectivity index (χ4v) is 2.38. The molecule has 1 aromatic carbocycles. The summed E-state index contributed by atoms with van der Waals surface area (Å²) in [7, 11) is 1.58. The molecule has 2 rings (SSSR count). The summed E-state index contributed by atoms with van der Waals surface area (Å²) in [5.41, 5.74) is 0.586. The van der Waals surface area contributed by atoms with E-state index in [-0.39, 0.29) is 22.5 Å². The Morgan fingerprint density at radius 2 is 2.13 bits per heavy atom. The number of carbonyl (C=O) groups is 1. The Bertz CT molecular complexity index is 622. The zero-order valence-corrected chi connectivity index (χ0v) is 13.2. The second-order valence-electron chi connectivity index (χ2n) is 4.71. The van der Waals surface area contributed by atoms with Gasteiger partial charge in [0.1, 0.15) is 11.4 Å². The smallest absolute Gasteiger partial charge is 0.387 e. The Labute approximate surface area is 137 Å². The summed E-state index contributed by atoms with van der Waals surface area (Å²) in [4.78, 5) is 13.7. The Morgan fingerprint density at radius 3 is 2.83 bits per heavy atom. The second kappa shape index (κ2) is 7.98. The quantitative estimate of drug-likeness (QED) is 0.468. The third-order valence-electron chi connectivity index (χ3n) is 3.13. The molecule has 0 bridgehead atoms. The third-order valence-corrected chi connectivity index (χ3v) is 3.45. The fraction of sp³-hybridized carbons (Fsp3) is 0.333. The fourth-order valence-electron chi connectivity index (χ4n) is 2.10. The van der Waals surface area contributed by atoms with Crippen LogP contribution in [-0.4, -0.2) is 42.8 Å². The molecule has 0 atom stereocenters. The van der Waals surface area contributed by atoms with E-state index in [0.717, 1.165) is 0 Å². The molecular formula is C15H16F2N2O3S. The molecule has 0 spiro atoms. The van der Waals surface area contributed by atoms with Crippen LogP contribution in [0.3, 0.4) is 0 Å². The second-order valence-corrected chi connectivity index (χ2v) is 5.09. The number of halogens is 2. The summed E-state index contributed by atoms with van der Waals surface area (Å²) in [5, 5.41) is 3.08. The van der Waals surface area contributed by atoms with Gasteiger partial charge in [-0.3, -0.25) is 9.69 Å². The van der Waals surface area contributed by atoms with Gasteiger partial charge in [0.05, 0.1) is 0 Å². The molecule has 0 unspecified atom stereocenters. The Hall–Kier alpha value is -2.06. The molecule has 1 saturated heterocycles. The third kappa shape index (κ3) is 4.46. The van der Waals surface area contributed by atoms with Crippen molar-refractivity contribution in [2.45, 2.75) is 13.0 Å². The summed E-state index contributed by atoms with van der Waals surface area (Å²) in [6, 6.07) is 6.23. The SMILES string of the molecule is COCCCN1C(=O)/C(=C\c2ccccc2OC(F)F)NC1=S. The summed E-state index contributed by atoms with van der Waals surface area (Å²) < 4.78 is 34.2. The molecule has 0 aromatic heterocycles. The topological polar surface area (TPSA) is 50.8 Å². The molecule has 5 nitrogen and oxygen atoms in total. The normalized spacial score (nSPS) is 16.3. The number of methoxy groups -OCH3 is 1. The zero-order valence-electron chi connectivity index (χ0n) is 12.4. The van der Waals surface area contributed by atoms with Crippen molar-refractivity contribution in [3.8, 4) is 5.75 Å². The predicted octanol–water partition coefficient (Wildman–Crippen LogP) is 2.38. The number of hydrogen-bond donors (Lipinski definition) is 1. The molecular weight excluding hydrogens is 326 g/mol. The minimum atomic E-state index is -2.94. The summed E-state index contributed by atoms with van der Waals surface area (Å²) in [6.45, 7) is -2.00. The zero-order chi connectivity index (χ0) is 16.8. The monoisotopic (exact) mass is 342 g/mol. The van der Waals surface area contributed by atoms with E-state index < -0.39 is 6.61 Å². The van der Waals surface area contributed by atoms with Crippen molar-refractivity contribution in [3.05, 3.63) is 35.5 Å². The average Bonchev–Trinajstić information content (AvgIpc) is 2.76. The van der Waals surface area contributed by atoms with Crippen molar-refractivity contribution in [1.82, 2.24) is 10.2 Å². The van der Waals surface area contributed by atoms with Crippen molar-refractivity contribution >= 4 is 29.3 Å². The highest BCUT2D eigenvalue weighted by molar-refractivity contribution is 7.80. The molecule has 1 amide bonds. The maximum Gasteiger partial charge on any atom is 0.387 e. The standard InChI is InChI=1S/C15H16F2N2O3S/c1-21-8-4-7-19-13(20)11(18-15(19)23)9-10-5-2-3-6-12(10)22-14(16)17/h2-3,5-6,9,14H,4,7-8H2,1H3,(H,18,23)/b11-9+. The summed E-state index contributed by atoms with van der Waals surface area (Å²) in [6.07, 6.45) is 2.09. The highest BCUT2D eigenvalue weighted by atomic mass is 32.1. The lowest BCUT2D eigenvalue weighted by Crippen LogP contribution is -2.32. The van der Waals surface area contributed by atoms with E-state index >= 15 is 0 Å². The van der Waals surface area contributed by atoms with E-state index in [2.05, 4.69) is 10.1 Å². The maximum absolute atomic E-state index is 12.4. The molecule has 1 aliphatic heterocycles. The van der Waals surface area contributed by atoms with Gasteiger partial charge in [-0.25, -0.2) is 0 Å². The predicted molar refractivity (Wildman–Crippen MR) is 85.0 cm³/mol. The van der Waals surface area contributed by atoms with Crippen LogP contribution < -0.4 is 10.1 Å². The van der Waals surface area contributed by atoms with E-state index in [9.17, 15) is 13.6 Å². The Kier molecular flexibility index (Phi) is 6.00. The molecule has 124 valence electrons. The lowest BCUT2D eigenvalue weighted by molar-refractivity contribution is -0.122. The van der Waals surface area contributed by atoms with Gasteiger partial charge in [-0.1, -0.05) is 18.2 Å². The van der Waals surface area contributed by atoms with Crippen LogP contribution >= 0.6 is 12.2 Å². The number of nitrogens with one attached hydrogen (secondary N) is 1. The lowest BCUT2D eigenvalue weighted by Gasteiger charge is -2.13. The van der Waals surface area contributed by atoms with Gasteiger partial charge < -0.3 is 14.8 Å². The number of hydrogen-bond acceptors (Lipinski definition) is 4. The van der Waals surface area contributed by atoms with Gasteiger partial charge in [0.2, 0.25) is 0 Å². The molecule has 1 aliphatic rings. The first-order valence-corrected chi connectivity index (χ1v) is 7.31. The van der Waals surface area contributed by atoms with Gasteiger partial charge in [-0.2, -0.15) is 8.78 Å². The number of alkyl halides is 2. The van der Waals surface area contributed by atoms with Gasteiger partial charge in [0, 0.05) is 25.8 Å². The summed E-state index contributed by atoms with van der Waals surface area (Å²) >= 11 is 5.12.